The van der Waals surface area contributed by atoms with E-state index in [9.17, 15) is 4.79 Å². The highest BCUT2D eigenvalue weighted by Gasteiger charge is 2.10. The Balaban J connectivity index is 1.89. The Hall–Kier alpha value is -2.04. The number of carbonyl (C=O) groups is 1. The van der Waals surface area contributed by atoms with Crippen molar-refractivity contribution in [3.05, 3.63) is 59.1 Å². The molecule has 2 aromatic rings. The zero-order chi connectivity index (χ0) is 16.7. The van der Waals surface area contributed by atoms with Crippen molar-refractivity contribution < 1.29 is 9.53 Å². The zero-order valence-electron chi connectivity index (χ0n) is 13.3. The van der Waals surface area contributed by atoms with Gasteiger partial charge >= 0.3 is 0 Å². The fourth-order valence-electron chi connectivity index (χ4n) is 2.16. The maximum atomic E-state index is 12.1. The van der Waals surface area contributed by atoms with Gasteiger partial charge in [-0.25, -0.2) is 0 Å². The summed E-state index contributed by atoms with van der Waals surface area (Å²) in [6.07, 6.45) is 0. The molecule has 4 nitrogen and oxygen atoms in total. The van der Waals surface area contributed by atoms with Crippen molar-refractivity contribution in [3.63, 3.8) is 0 Å². The molecule has 0 saturated carbocycles. The minimum absolute atomic E-state index is 0.0557. The molecule has 0 fully saturated rings. The molecule has 0 aromatic heterocycles. The molecular formula is C18H21ClN2O2. The molecule has 0 aliphatic carbocycles. The maximum absolute atomic E-state index is 12.1. The van der Waals surface area contributed by atoms with Gasteiger partial charge in [0.1, 0.15) is 5.75 Å². The first-order chi connectivity index (χ1) is 11.1. The molecule has 0 saturated heterocycles. The average molecular weight is 333 g/mol. The summed E-state index contributed by atoms with van der Waals surface area (Å²) in [5.41, 5.74) is 1.76. The molecule has 2 aromatic carbocycles. The van der Waals surface area contributed by atoms with E-state index in [4.69, 9.17) is 16.3 Å². The van der Waals surface area contributed by atoms with Crippen LogP contribution in [0.4, 0.5) is 5.69 Å². The third kappa shape index (κ3) is 5.27. The fraction of sp³-hybridized carbons (Fsp3) is 0.278. The van der Waals surface area contributed by atoms with E-state index in [1.165, 1.54) is 0 Å². The van der Waals surface area contributed by atoms with Crippen LogP contribution in [-0.4, -0.2) is 19.1 Å². The molecule has 0 unspecified atom stereocenters. The van der Waals surface area contributed by atoms with Crippen molar-refractivity contribution in [1.82, 2.24) is 5.32 Å². The molecule has 2 N–H and O–H groups in total. The van der Waals surface area contributed by atoms with Crippen LogP contribution in [0, 0.1) is 0 Å². The Morgan fingerprint density at radius 2 is 1.87 bits per heavy atom. The Morgan fingerprint density at radius 1 is 1.17 bits per heavy atom. The Kier molecular flexibility index (Phi) is 6.44. The molecule has 0 bridgehead atoms. The lowest BCUT2D eigenvalue weighted by atomic mass is 10.1. The lowest BCUT2D eigenvalue weighted by molar-refractivity contribution is -0.115. The number of carbonyl (C=O) groups excluding carboxylic acids is 1. The molecule has 0 aliphatic heterocycles. The van der Waals surface area contributed by atoms with Crippen LogP contribution >= 0.6 is 11.6 Å². The van der Waals surface area contributed by atoms with E-state index >= 15 is 0 Å². The number of para-hydroxylation sites is 2. The van der Waals surface area contributed by atoms with Gasteiger partial charge in [-0.1, -0.05) is 35.9 Å². The zero-order valence-corrected chi connectivity index (χ0v) is 14.1. The van der Waals surface area contributed by atoms with E-state index in [0.717, 1.165) is 5.56 Å². The largest absolute Gasteiger partial charge is 0.492 e. The van der Waals surface area contributed by atoms with E-state index in [0.29, 0.717) is 23.1 Å². The molecule has 0 spiro atoms. The van der Waals surface area contributed by atoms with Crippen molar-refractivity contribution in [3.8, 4) is 5.75 Å². The molecule has 5 heteroatoms. The van der Waals surface area contributed by atoms with E-state index in [1.54, 1.807) is 0 Å². The number of halogens is 1. The third-order valence-electron chi connectivity index (χ3n) is 3.40. The summed E-state index contributed by atoms with van der Waals surface area (Å²) in [6.45, 7) is 4.68. The quantitative estimate of drug-likeness (QED) is 0.805. The van der Waals surface area contributed by atoms with Gasteiger partial charge < -0.3 is 15.4 Å². The van der Waals surface area contributed by atoms with Crippen molar-refractivity contribution in [1.29, 1.82) is 0 Å². The van der Waals surface area contributed by atoms with Gasteiger partial charge in [0.25, 0.3) is 0 Å². The van der Waals surface area contributed by atoms with Crippen LogP contribution in [0.2, 0.25) is 5.02 Å². The van der Waals surface area contributed by atoms with Gasteiger partial charge in [0.05, 0.1) is 18.8 Å². The summed E-state index contributed by atoms with van der Waals surface area (Å²) in [4.78, 5) is 12.1. The second kappa shape index (κ2) is 8.56. The fourth-order valence-corrected chi connectivity index (χ4v) is 2.29. The van der Waals surface area contributed by atoms with Gasteiger partial charge in [0.15, 0.2) is 0 Å². The van der Waals surface area contributed by atoms with E-state index in [-0.39, 0.29) is 18.5 Å². The molecule has 0 heterocycles. The second-order valence-corrected chi connectivity index (χ2v) is 5.57. The summed E-state index contributed by atoms with van der Waals surface area (Å²) < 4.78 is 5.50. The second-order valence-electron chi connectivity index (χ2n) is 5.13. The number of anilines is 1. The molecule has 0 aliphatic rings. The number of benzene rings is 2. The average Bonchev–Trinajstić information content (AvgIpc) is 2.55. The molecule has 122 valence electrons. The van der Waals surface area contributed by atoms with Crippen LogP contribution in [0.3, 0.4) is 0 Å². The van der Waals surface area contributed by atoms with Crippen LogP contribution in [0.25, 0.3) is 0 Å². The molecule has 23 heavy (non-hydrogen) atoms. The monoisotopic (exact) mass is 332 g/mol. The summed E-state index contributed by atoms with van der Waals surface area (Å²) >= 11 is 5.88. The number of hydrogen-bond donors (Lipinski definition) is 2. The summed E-state index contributed by atoms with van der Waals surface area (Å²) in [5.74, 6) is 0.562. The normalized spacial score (nSPS) is 11.8. The van der Waals surface area contributed by atoms with Gasteiger partial charge in [-0.15, -0.1) is 0 Å². The molecular weight excluding hydrogens is 312 g/mol. The first-order valence-electron chi connectivity index (χ1n) is 7.60. The molecule has 2 rings (SSSR count). The predicted octanol–water partition coefficient (Wildman–Crippen LogP) is 4.03. The van der Waals surface area contributed by atoms with Crippen molar-refractivity contribution in [2.75, 3.05) is 18.5 Å². The Morgan fingerprint density at radius 3 is 2.57 bits per heavy atom. The smallest absolute Gasteiger partial charge is 0.238 e. The first-order valence-corrected chi connectivity index (χ1v) is 7.98. The maximum Gasteiger partial charge on any atom is 0.238 e. The minimum Gasteiger partial charge on any atom is -0.492 e. The highest BCUT2D eigenvalue weighted by molar-refractivity contribution is 6.30. The lowest BCUT2D eigenvalue weighted by Gasteiger charge is -2.15. The Labute approximate surface area is 141 Å². The van der Waals surface area contributed by atoms with Gasteiger partial charge in [0.2, 0.25) is 5.91 Å². The van der Waals surface area contributed by atoms with Crippen molar-refractivity contribution >= 4 is 23.2 Å². The van der Waals surface area contributed by atoms with Gasteiger partial charge in [0, 0.05) is 11.1 Å². The lowest BCUT2D eigenvalue weighted by Crippen LogP contribution is -2.30. The van der Waals surface area contributed by atoms with Crippen molar-refractivity contribution in [2.45, 2.75) is 19.9 Å². The first kappa shape index (κ1) is 17.3. The van der Waals surface area contributed by atoms with Crippen molar-refractivity contribution in [2.24, 2.45) is 0 Å². The standard InChI is InChI=1S/C18H21ClN2O2/c1-3-23-17-7-5-4-6-16(17)21-18(22)12-20-13(2)14-8-10-15(19)11-9-14/h4-11,13,20H,3,12H2,1-2H3,(H,21,22)/t13-/m1/s1. The van der Waals surface area contributed by atoms with Gasteiger partial charge in [-0.05, 0) is 43.7 Å². The number of hydrogen-bond acceptors (Lipinski definition) is 3. The van der Waals surface area contributed by atoms with Gasteiger partial charge in [-0.2, -0.15) is 0 Å². The summed E-state index contributed by atoms with van der Waals surface area (Å²) in [6, 6.07) is 15.0. The molecule has 1 amide bonds. The number of nitrogens with one attached hydrogen (secondary N) is 2. The molecule has 0 radical (unpaired) electrons. The van der Waals surface area contributed by atoms with Crippen LogP contribution < -0.4 is 15.4 Å². The highest BCUT2D eigenvalue weighted by Crippen LogP contribution is 2.23. The number of ether oxygens (including phenoxy) is 1. The third-order valence-corrected chi connectivity index (χ3v) is 3.65. The van der Waals surface area contributed by atoms with E-state index < -0.39 is 0 Å². The summed E-state index contributed by atoms with van der Waals surface area (Å²) in [5, 5.41) is 6.76. The van der Waals surface area contributed by atoms with Crippen LogP contribution in [0.5, 0.6) is 5.75 Å². The van der Waals surface area contributed by atoms with Crippen LogP contribution in [0.15, 0.2) is 48.5 Å². The number of amides is 1. The van der Waals surface area contributed by atoms with Crippen LogP contribution in [-0.2, 0) is 4.79 Å². The van der Waals surface area contributed by atoms with Gasteiger partial charge in [-0.3, -0.25) is 4.79 Å². The molecule has 1 atom stereocenters. The number of rotatable bonds is 7. The predicted molar refractivity (Wildman–Crippen MR) is 94.1 cm³/mol. The van der Waals surface area contributed by atoms with E-state index in [2.05, 4.69) is 10.6 Å². The van der Waals surface area contributed by atoms with Crippen LogP contribution in [0.1, 0.15) is 25.5 Å². The Bertz CT molecular complexity index is 644. The summed E-state index contributed by atoms with van der Waals surface area (Å²) in [7, 11) is 0. The minimum atomic E-state index is -0.113. The topological polar surface area (TPSA) is 50.4 Å². The van der Waals surface area contributed by atoms with E-state index in [1.807, 2.05) is 62.4 Å². The highest BCUT2D eigenvalue weighted by atomic mass is 35.5. The SMILES string of the molecule is CCOc1ccccc1NC(=O)CN[C@H](C)c1ccc(Cl)cc1.